The van der Waals surface area contributed by atoms with Crippen LogP contribution in [-0.2, 0) is 20.2 Å². The molecule has 0 saturated carbocycles. The molecule has 0 atom stereocenters. The Bertz CT molecular complexity index is 849. The molecule has 0 saturated heterocycles. The largest absolute Gasteiger partial charge is 0.273 e. The summed E-state index contributed by atoms with van der Waals surface area (Å²) in [4.78, 5) is 12.4. The third-order valence-corrected chi connectivity index (χ3v) is 4.93. The molecule has 0 aliphatic rings. The minimum atomic E-state index is -3.98. The average molecular weight is 328 g/mol. The molecule has 5 nitrogen and oxygen atoms in total. The minimum absolute atomic E-state index is 0.0614. The van der Waals surface area contributed by atoms with E-state index in [1.54, 1.807) is 38.1 Å². The van der Waals surface area contributed by atoms with Crippen molar-refractivity contribution in [2.24, 2.45) is 0 Å². The normalized spacial score (nSPS) is 11.5. The molecule has 0 unspecified atom stereocenters. The standard InChI is InChI=1S/C17H16N2O3S/c1-17(2,14-6-4-3-5-7-14)16(20)19-23(21,22)15-10-8-13(12-18)9-11-15/h3-11H,1-2H3,(H,19,20). The molecule has 1 N–H and O–H groups in total. The summed E-state index contributed by atoms with van der Waals surface area (Å²) in [5.41, 5.74) is 0.0633. The Morgan fingerprint density at radius 1 is 1.04 bits per heavy atom. The van der Waals surface area contributed by atoms with Crippen molar-refractivity contribution in [1.29, 1.82) is 5.26 Å². The molecule has 2 aromatic rings. The van der Waals surface area contributed by atoms with Crippen LogP contribution in [0.2, 0.25) is 0 Å². The van der Waals surface area contributed by atoms with E-state index in [2.05, 4.69) is 4.72 Å². The molecule has 0 bridgehead atoms. The molecule has 0 radical (unpaired) electrons. The SMILES string of the molecule is CC(C)(C(=O)NS(=O)(=O)c1ccc(C#N)cc1)c1ccccc1. The van der Waals surface area contributed by atoms with E-state index in [-0.39, 0.29) is 4.90 Å². The number of amides is 1. The van der Waals surface area contributed by atoms with Gasteiger partial charge >= 0.3 is 0 Å². The number of benzene rings is 2. The molecule has 2 rings (SSSR count). The monoisotopic (exact) mass is 328 g/mol. The van der Waals surface area contributed by atoms with Crippen LogP contribution in [0.4, 0.5) is 0 Å². The molecule has 23 heavy (non-hydrogen) atoms. The van der Waals surface area contributed by atoms with E-state index in [0.29, 0.717) is 11.1 Å². The third-order valence-electron chi connectivity index (χ3n) is 3.58. The van der Waals surface area contributed by atoms with Crippen molar-refractivity contribution in [3.05, 3.63) is 65.7 Å². The van der Waals surface area contributed by atoms with E-state index in [4.69, 9.17) is 5.26 Å². The number of hydrogen-bond acceptors (Lipinski definition) is 4. The maximum atomic E-state index is 12.4. The second-order valence-electron chi connectivity index (χ2n) is 5.56. The topological polar surface area (TPSA) is 87.0 Å². The molecule has 118 valence electrons. The van der Waals surface area contributed by atoms with Gasteiger partial charge in [-0.15, -0.1) is 0 Å². The van der Waals surface area contributed by atoms with Gasteiger partial charge in [-0.2, -0.15) is 5.26 Å². The average Bonchev–Trinajstić information content (AvgIpc) is 2.55. The number of nitrogens with one attached hydrogen (secondary N) is 1. The van der Waals surface area contributed by atoms with Crippen molar-refractivity contribution in [2.45, 2.75) is 24.2 Å². The van der Waals surface area contributed by atoms with Crippen LogP contribution in [0.15, 0.2) is 59.5 Å². The fourth-order valence-corrected chi connectivity index (χ4v) is 3.11. The fraction of sp³-hybridized carbons (Fsp3) is 0.176. The lowest BCUT2D eigenvalue weighted by molar-refractivity contribution is -0.123. The van der Waals surface area contributed by atoms with Gasteiger partial charge in [-0.3, -0.25) is 4.79 Å². The van der Waals surface area contributed by atoms with Crippen LogP contribution in [0.3, 0.4) is 0 Å². The van der Waals surface area contributed by atoms with E-state index < -0.39 is 21.3 Å². The van der Waals surface area contributed by atoms with Crippen molar-refractivity contribution < 1.29 is 13.2 Å². The van der Waals surface area contributed by atoms with Gasteiger partial charge in [0.15, 0.2) is 0 Å². The van der Waals surface area contributed by atoms with Gasteiger partial charge in [0.05, 0.1) is 21.9 Å². The molecule has 6 heteroatoms. The summed E-state index contributed by atoms with van der Waals surface area (Å²) in [5, 5.41) is 8.74. The number of hydrogen-bond donors (Lipinski definition) is 1. The zero-order valence-corrected chi connectivity index (χ0v) is 13.6. The van der Waals surface area contributed by atoms with E-state index in [9.17, 15) is 13.2 Å². The van der Waals surface area contributed by atoms with Crippen LogP contribution in [0.5, 0.6) is 0 Å². The Morgan fingerprint density at radius 2 is 1.61 bits per heavy atom. The summed E-state index contributed by atoms with van der Waals surface area (Å²) in [6, 6.07) is 16.2. The first kappa shape index (κ1) is 16.7. The van der Waals surface area contributed by atoms with Crippen LogP contribution >= 0.6 is 0 Å². The van der Waals surface area contributed by atoms with Crippen LogP contribution < -0.4 is 4.72 Å². The van der Waals surface area contributed by atoms with E-state index in [0.717, 1.165) is 0 Å². The molecular weight excluding hydrogens is 312 g/mol. The molecule has 0 aliphatic carbocycles. The second kappa shape index (κ2) is 6.23. The van der Waals surface area contributed by atoms with E-state index in [1.165, 1.54) is 24.3 Å². The zero-order chi connectivity index (χ0) is 17.1. The molecule has 2 aromatic carbocycles. The Labute approximate surface area is 135 Å². The van der Waals surface area contributed by atoms with Gasteiger partial charge in [0.1, 0.15) is 0 Å². The fourth-order valence-electron chi connectivity index (χ4n) is 2.00. The first-order valence-corrected chi connectivity index (χ1v) is 8.38. The molecule has 0 aromatic heterocycles. The highest BCUT2D eigenvalue weighted by molar-refractivity contribution is 7.90. The lowest BCUT2D eigenvalue weighted by atomic mass is 9.84. The van der Waals surface area contributed by atoms with Gasteiger partial charge in [0.25, 0.3) is 10.0 Å². The number of nitrogens with zero attached hydrogens (tertiary/aromatic N) is 1. The zero-order valence-electron chi connectivity index (χ0n) is 12.8. The van der Waals surface area contributed by atoms with Gasteiger partial charge < -0.3 is 0 Å². The van der Waals surface area contributed by atoms with Crippen molar-refractivity contribution in [1.82, 2.24) is 4.72 Å². The second-order valence-corrected chi connectivity index (χ2v) is 7.24. The highest BCUT2D eigenvalue weighted by Crippen LogP contribution is 2.24. The lowest BCUT2D eigenvalue weighted by Gasteiger charge is -2.24. The number of nitriles is 1. The van der Waals surface area contributed by atoms with E-state index in [1.807, 2.05) is 12.1 Å². The molecular formula is C17H16N2O3S. The van der Waals surface area contributed by atoms with Gasteiger partial charge in [-0.25, -0.2) is 13.1 Å². The lowest BCUT2D eigenvalue weighted by Crippen LogP contribution is -2.43. The maximum Gasteiger partial charge on any atom is 0.264 e. The highest BCUT2D eigenvalue weighted by atomic mass is 32.2. The minimum Gasteiger partial charge on any atom is -0.273 e. The number of carbonyl (C=O) groups is 1. The summed E-state index contributed by atoms with van der Waals surface area (Å²) < 4.78 is 26.7. The van der Waals surface area contributed by atoms with Crippen LogP contribution in [0.1, 0.15) is 25.0 Å². The molecule has 0 heterocycles. The Balaban J connectivity index is 2.26. The predicted octanol–water partition coefficient (Wildman–Crippen LogP) is 2.34. The Morgan fingerprint density at radius 3 is 2.13 bits per heavy atom. The summed E-state index contributed by atoms with van der Waals surface area (Å²) >= 11 is 0. The van der Waals surface area contributed by atoms with Gasteiger partial charge in [-0.1, -0.05) is 30.3 Å². The van der Waals surface area contributed by atoms with Crippen LogP contribution in [-0.4, -0.2) is 14.3 Å². The molecule has 0 fully saturated rings. The number of rotatable bonds is 4. The first-order valence-electron chi connectivity index (χ1n) is 6.90. The smallest absolute Gasteiger partial charge is 0.264 e. The predicted molar refractivity (Wildman–Crippen MR) is 86.0 cm³/mol. The Hall–Kier alpha value is -2.65. The van der Waals surface area contributed by atoms with Crippen molar-refractivity contribution in [3.63, 3.8) is 0 Å². The summed E-state index contributed by atoms with van der Waals surface area (Å²) in [5.74, 6) is -0.618. The quantitative estimate of drug-likeness (QED) is 0.933. The molecule has 1 amide bonds. The molecule has 0 aliphatic heterocycles. The van der Waals surface area contributed by atoms with Crippen molar-refractivity contribution in [2.75, 3.05) is 0 Å². The first-order chi connectivity index (χ1) is 10.8. The number of carbonyl (C=O) groups excluding carboxylic acids is 1. The highest BCUT2D eigenvalue weighted by Gasteiger charge is 2.32. The van der Waals surface area contributed by atoms with Gasteiger partial charge in [0, 0.05) is 0 Å². The summed E-state index contributed by atoms with van der Waals surface area (Å²) in [6.07, 6.45) is 0. The maximum absolute atomic E-state index is 12.4. The van der Waals surface area contributed by atoms with Gasteiger partial charge in [0.2, 0.25) is 5.91 Å². The van der Waals surface area contributed by atoms with Crippen LogP contribution in [0, 0.1) is 11.3 Å². The third kappa shape index (κ3) is 3.58. The van der Waals surface area contributed by atoms with Crippen LogP contribution in [0.25, 0.3) is 0 Å². The number of sulfonamides is 1. The Kier molecular flexibility index (Phi) is 4.52. The van der Waals surface area contributed by atoms with E-state index >= 15 is 0 Å². The summed E-state index contributed by atoms with van der Waals surface area (Å²) in [6.45, 7) is 3.32. The van der Waals surface area contributed by atoms with Crippen molar-refractivity contribution >= 4 is 15.9 Å². The van der Waals surface area contributed by atoms with Gasteiger partial charge in [-0.05, 0) is 43.7 Å². The molecule has 0 spiro atoms. The summed E-state index contributed by atoms with van der Waals surface area (Å²) in [7, 11) is -3.98. The van der Waals surface area contributed by atoms with Crippen molar-refractivity contribution in [3.8, 4) is 6.07 Å².